The number of halogens is 2. The van der Waals surface area contributed by atoms with Crippen molar-refractivity contribution >= 4 is 34.2 Å². The highest BCUT2D eigenvalue weighted by atomic mass is 127. The Kier molecular flexibility index (Phi) is 5.92. The number of nitrogens with zero attached hydrogens (tertiary/aromatic N) is 2. The van der Waals surface area contributed by atoms with Gasteiger partial charge in [0, 0.05) is 13.5 Å². The number of methoxy groups -OCH3 is 1. The largest absolute Gasteiger partial charge is 0.384 e. The molecular formula is C11H16ClIN2O. The number of ether oxygens (including phenoxy) is 1. The van der Waals surface area contributed by atoms with Crippen LogP contribution in [0.4, 0.5) is 0 Å². The van der Waals surface area contributed by atoms with E-state index in [-0.39, 0.29) is 0 Å². The standard InChI is InChI=1S/C11H16ClIN2O/c1-7(2)6-8-10(13)11(12)15-9(14-8)4-5-16-3/h7H,4-6H2,1-3H3. The Morgan fingerprint density at radius 2 is 2.06 bits per heavy atom. The molecule has 16 heavy (non-hydrogen) atoms. The van der Waals surface area contributed by atoms with Crippen LogP contribution in [-0.2, 0) is 17.6 Å². The van der Waals surface area contributed by atoms with Crippen LogP contribution in [0.15, 0.2) is 0 Å². The zero-order valence-corrected chi connectivity index (χ0v) is 12.7. The molecule has 1 heterocycles. The second kappa shape index (κ2) is 6.71. The normalized spacial score (nSPS) is 11.1. The molecule has 0 aliphatic heterocycles. The maximum atomic E-state index is 6.08. The predicted molar refractivity (Wildman–Crippen MR) is 73.9 cm³/mol. The molecule has 0 saturated carbocycles. The molecule has 1 rings (SSSR count). The van der Waals surface area contributed by atoms with Gasteiger partial charge in [0.15, 0.2) is 0 Å². The van der Waals surface area contributed by atoms with Crippen molar-refractivity contribution in [2.75, 3.05) is 13.7 Å². The van der Waals surface area contributed by atoms with Gasteiger partial charge in [0.25, 0.3) is 0 Å². The van der Waals surface area contributed by atoms with Crippen LogP contribution in [0.25, 0.3) is 0 Å². The third-order valence-corrected chi connectivity index (χ3v) is 3.78. The lowest BCUT2D eigenvalue weighted by molar-refractivity contribution is 0.200. The molecular weight excluding hydrogens is 338 g/mol. The molecule has 0 N–H and O–H groups in total. The molecule has 0 radical (unpaired) electrons. The molecule has 0 amide bonds. The van der Waals surface area contributed by atoms with Crippen LogP contribution in [0.2, 0.25) is 5.15 Å². The summed E-state index contributed by atoms with van der Waals surface area (Å²) in [7, 11) is 1.67. The monoisotopic (exact) mass is 354 g/mol. The number of rotatable bonds is 5. The summed E-state index contributed by atoms with van der Waals surface area (Å²) < 4.78 is 5.98. The summed E-state index contributed by atoms with van der Waals surface area (Å²) in [5.74, 6) is 1.33. The third kappa shape index (κ3) is 4.14. The molecule has 0 aliphatic carbocycles. The van der Waals surface area contributed by atoms with Gasteiger partial charge in [-0.3, -0.25) is 0 Å². The van der Waals surface area contributed by atoms with E-state index in [0.29, 0.717) is 24.1 Å². The zero-order chi connectivity index (χ0) is 12.1. The molecule has 0 saturated heterocycles. The first-order valence-electron chi connectivity index (χ1n) is 5.24. The van der Waals surface area contributed by atoms with Gasteiger partial charge in [-0.15, -0.1) is 0 Å². The zero-order valence-electron chi connectivity index (χ0n) is 9.76. The van der Waals surface area contributed by atoms with E-state index in [1.807, 2.05) is 0 Å². The van der Waals surface area contributed by atoms with Crippen molar-refractivity contribution in [2.45, 2.75) is 26.7 Å². The molecule has 1 aromatic rings. The molecule has 0 fully saturated rings. The Morgan fingerprint density at radius 3 is 2.62 bits per heavy atom. The second-order valence-electron chi connectivity index (χ2n) is 4.03. The Morgan fingerprint density at radius 1 is 1.38 bits per heavy atom. The summed E-state index contributed by atoms with van der Waals surface area (Å²) in [6.45, 7) is 4.96. The van der Waals surface area contributed by atoms with Crippen LogP contribution >= 0.6 is 34.2 Å². The fourth-order valence-corrected chi connectivity index (χ4v) is 2.01. The van der Waals surface area contributed by atoms with Crippen LogP contribution in [-0.4, -0.2) is 23.7 Å². The first-order valence-corrected chi connectivity index (χ1v) is 6.70. The van der Waals surface area contributed by atoms with Gasteiger partial charge in [-0.2, -0.15) is 0 Å². The van der Waals surface area contributed by atoms with Crippen LogP contribution in [0.3, 0.4) is 0 Å². The highest BCUT2D eigenvalue weighted by molar-refractivity contribution is 14.1. The van der Waals surface area contributed by atoms with Gasteiger partial charge in [0.2, 0.25) is 0 Å². The number of hydrogen-bond acceptors (Lipinski definition) is 3. The summed E-state index contributed by atoms with van der Waals surface area (Å²) >= 11 is 8.29. The van der Waals surface area contributed by atoms with Gasteiger partial charge in [0.05, 0.1) is 15.9 Å². The van der Waals surface area contributed by atoms with Crippen molar-refractivity contribution in [3.05, 3.63) is 20.2 Å². The molecule has 0 aromatic carbocycles. The SMILES string of the molecule is COCCc1nc(Cl)c(I)c(CC(C)C)n1. The van der Waals surface area contributed by atoms with E-state index in [1.165, 1.54) is 0 Å². The molecule has 0 atom stereocenters. The van der Waals surface area contributed by atoms with E-state index in [9.17, 15) is 0 Å². The number of hydrogen-bond donors (Lipinski definition) is 0. The summed E-state index contributed by atoms with van der Waals surface area (Å²) in [4.78, 5) is 8.77. The first kappa shape index (κ1) is 14.1. The Labute approximate surface area is 115 Å². The minimum Gasteiger partial charge on any atom is -0.384 e. The lowest BCUT2D eigenvalue weighted by atomic mass is 10.1. The van der Waals surface area contributed by atoms with E-state index in [4.69, 9.17) is 16.3 Å². The highest BCUT2D eigenvalue weighted by Gasteiger charge is 2.11. The second-order valence-corrected chi connectivity index (χ2v) is 5.47. The van der Waals surface area contributed by atoms with Crippen molar-refractivity contribution in [3.8, 4) is 0 Å². The fraction of sp³-hybridized carbons (Fsp3) is 0.636. The van der Waals surface area contributed by atoms with E-state index in [2.05, 4.69) is 46.4 Å². The van der Waals surface area contributed by atoms with Gasteiger partial charge in [-0.1, -0.05) is 25.4 Å². The average Bonchev–Trinajstić information content (AvgIpc) is 2.21. The highest BCUT2D eigenvalue weighted by Crippen LogP contribution is 2.21. The van der Waals surface area contributed by atoms with Crippen LogP contribution in [0.5, 0.6) is 0 Å². The molecule has 0 spiro atoms. The molecule has 0 unspecified atom stereocenters. The van der Waals surface area contributed by atoms with Crippen molar-refractivity contribution in [1.29, 1.82) is 0 Å². The van der Waals surface area contributed by atoms with Gasteiger partial charge in [-0.25, -0.2) is 9.97 Å². The molecule has 0 bridgehead atoms. The smallest absolute Gasteiger partial charge is 0.146 e. The summed E-state index contributed by atoms with van der Waals surface area (Å²) in [5.41, 5.74) is 1.04. The Bertz CT molecular complexity index is 358. The first-order chi connectivity index (χ1) is 7.54. The minimum atomic E-state index is 0.553. The predicted octanol–water partition coefficient (Wildman–Crippen LogP) is 3.12. The van der Waals surface area contributed by atoms with Crippen molar-refractivity contribution in [1.82, 2.24) is 9.97 Å². The van der Waals surface area contributed by atoms with Gasteiger partial charge >= 0.3 is 0 Å². The lowest BCUT2D eigenvalue weighted by Gasteiger charge is -2.09. The van der Waals surface area contributed by atoms with Crippen LogP contribution in [0, 0.1) is 9.49 Å². The van der Waals surface area contributed by atoms with E-state index < -0.39 is 0 Å². The van der Waals surface area contributed by atoms with Crippen molar-refractivity contribution < 1.29 is 4.74 Å². The summed E-state index contributed by atoms with van der Waals surface area (Å²) in [5, 5.41) is 0.553. The Balaban J connectivity index is 2.92. The van der Waals surface area contributed by atoms with Crippen LogP contribution < -0.4 is 0 Å². The fourth-order valence-electron chi connectivity index (χ4n) is 1.34. The third-order valence-electron chi connectivity index (χ3n) is 2.06. The van der Waals surface area contributed by atoms with Crippen molar-refractivity contribution in [2.24, 2.45) is 5.92 Å². The van der Waals surface area contributed by atoms with E-state index in [0.717, 1.165) is 21.5 Å². The quantitative estimate of drug-likeness (QED) is 0.602. The van der Waals surface area contributed by atoms with E-state index in [1.54, 1.807) is 7.11 Å². The minimum absolute atomic E-state index is 0.553. The maximum absolute atomic E-state index is 6.08. The topological polar surface area (TPSA) is 35.0 Å². The molecule has 5 heteroatoms. The molecule has 1 aromatic heterocycles. The summed E-state index contributed by atoms with van der Waals surface area (Å²) in [6.07, 6.45) is 1.64. The average molecular weight is 355 g/mol. The van der Waals surface area contributed by atoms with Crippen molar-refractivity contribution in [3.63, 3.8) is 0 Å². The van der Waals surface area contributed by atoms with Crippen LogP contribution in [0.1, 0.15) is 25.4 Å². The van der Waals surface area contributed by atoms with Gasteiger partial charge < -0.3 is 4.74 Å². The molecule has 3 nitrogen and oxygen atoms in total. The molecule has 90 valence electrons. The van der Waals surface area contributed by atoms with Gasteiger partial charge in [-0.05, 0) is 34.9 Å². The summed E-state index contributed by atoms with van der Waals surface area (Å²) in [6, 6.07) is 0. The van der Waals surface area contributed by atoms with E-state index >= 15 is 0 Å². The molecule has 0 aliphatic rings. The Hall–Kier alpha value is 0.0600. The maximum Gasteiger partial charge on any atom is 0.146 e. The number of aromatic nitrogens is 2. The van der Waals surface area contributed by atoms with Gasteiger partial charge in [0.1, 0.15) is 11.0 Å². The lowest BCUT2D eigenvalue weighted by Crippen LogP contribution is -2.08.